The molecule has 0 saturated carbocycles. The van der Waals surface area contributed by atoms with Crippen LogP contribution in [0, 0.1) is 0 Å². The summed E-state index contributed by atoms with van der Waals surface area (Å²) in [4.78, 5) is 31.7. The van der Waals surface area contributed by atoms with E-state index in [1.807, 2.05) is 24.3 Å². The molecule has 4 rings (SSSR count). The van der Waals surface area contributed by atoms with Gasteiger partial charge in [0.2, 0.25) is 0 Å². The molecule has 0 atom stereocenters. The Morgan fingerprint density at radius 3 is 2.85 bits per heavy atom. The van der Waals surface area contributed by atoms with Crippen LogP contribution in [0.15, 0.2) is 71.9 Å². The number of H-pyrrole nitrogens is 1. The van der Waals surface area contributed by atoms with Crippen molar-refractivity contribution in [3.8, 4) is 5.82 Å². The molecule has 3 heterocycles. The Hall–Kier alpha value is -3.74. The summed E-state index contributed by atoms with van der Waals surface area (Å²) in [6.45, 7) is 0.230. The fourth-order valence-corrected chi connectivity index (χ4v) is 2.76. The average molecular weight is 345 g/mol. The number of hydrogen-bond acceptors (Lipinski definition) is 4. The van der Waals surface area contributed by atoms with E-state index >= 15 is 0 Å². The second kappa shape index (κ2) is 6.64. The first-order chi connectivity index (χ1) is 12.7. The van der Waals surface area contributed by atoms with Crippen LogP contribution in [0.5, 0.6) is 0 Å². The first-order valence-electron chi connectivity index (χ1n) is 8.06. The molecule has 26 heavy (non-hydrogen) atoms. The van der Waals surface area contributed by atoms with Gasteiger partial charge in [-0.2, -0.15) is 5.10 Å². The van der Waals surface area contributed by atoms with Crippen LogP contribution in [0.2, 0.25) is 0 Å². The molecule has 0 spiro atoms. The quantitative estimate of drug-likeness (QED) is 0.592. The van der Waals surface area contributed by atoms with Crippen molar-refractivity contribution in [2.45, 2.75) is 6.54 Å². The molecule has 7 heteroatoms. The minimum atomic E-state index is -0.438. The van der Waals surface area contributed by atoms with Crippen LogP contribution in [0.4, 0.5) is 0 Å². The Bertz CT molecular complexity index is 1130. The van der Waals surface area contributed by atoms with Gasteiger partial charge >= 0.3 is 0 Å². The van der Waals surface area contributed by atoms with Crippen molar-refractivity contribution in [1.82, 2.24) is 25.1 Å². The summed E-state index contributed by atoms with van der Waals surface area (Å²) in [5.74, 6) is 0.192. The molecule has 0 aliphatic carbocycles. The van der Waals surface area contributed by atoms with Gasteiger partial charge in [-0.3, -0.25) is 9.59 Å². The van der Waals surface area contributed by atoms with Gasteiger partial charge in [0, 0.05) is 36.2 Å². The topological polar surface area (TPSA) is 92.7 Å². The molecule has 1 aromatic carbocycles. The van der Waals surface area contributed by atoms with Crippen LogP contribution in [0.3, 0.4) is 0 Å². The van der Waals surface area contributed by atoms with Crippen molar-refractivity contribution in [2.24, 2.45) is 0 Å². The monoisotopic (exact) mass is 345 g/mol. The number of aromatic amines is 1. The summed E-state index contributed by atoms with van der Waals surface area (Å²) >= 11 is 0. The number of para-hydroxylation sites is 1. The zero-order chi connectivity index (χ0) is 17.9. The van der Waals surface area contributed by atoms with Crippen molar-refractivity contribution in [2.75, 3.05) is 0 Å². The van der Waals surface area contributed by atoms with Gasteiger partial charge < -0.3 is 10.3 Å². The molecule has 0 aliphatic heterocycles. The van der Waals surface area contributed by atoms with Gasteiger partial charge in [-0.25, -0.2) is 9.67 Å². The van der Waals surface area contributed by atoms with Crippen molar-refractivity contribution in [3.05, 3.63) is 88.6 Å². The van der Waals surface area contributed by atoms with Crippen LogP contribution in [-0.2, 0) is 6.54 Å². The van der Waals surface area contributed by atoms with E-state index in [-0.39, 0.29) is 12.1 Å². The van der Waals surface area contributed by atoms with E-state index in [1.165, 1.54) is 0 Å². The first-order valence-corrected chi connectivity index (χ1v) is 8.06. The number of nitrogens with one attached hydrogen (secondary N) is 2. The molecular formula is C19H15N5O2. The highest BCUT2D eigenvalue weighted by Gasteiger charge is 2.13. The molecule has 1 amide bonds. The molecular weight excluding hydrogens is 330 g/mol. The standard InChI is InChI=1S/C19H15N5O2/c25-18(15-11-13-5-1-2-7-16(13)23-19(15)26)21-12-14-6-3-8-20-17(14)24-10-4-9-22-24/h1-11H,12H2,(H,21,25)(H,23,26). The van der Waals surface area contributed by atoms with E-state index in [9.17, 15) is 9.59 Å². The average Bonchev–Trinajstić information content (AvgIpc) is 3.20. The van der Waals surface area contributed by atoms with E-state index in [4.69, 9.17) is 0 Å². The molecule has 0 bridgehead atoms. The Balaban J connectivity index is 1.59. The molecule has 0 radical (unpaired) electrons. The number of carbonyl (C=O) groups excluding carboxylic acids is 1. The van der Waals surface area contributed by atoms with Gasteiger partial charge in [-0.05, 0) is 29.7 Å². The predicted molar refractivity (Wildman–Crippen MR) is 97.1 cm³/mol. The van der Waals surface area contributed by atoms with E-state index in [2.05, 4.69) is 20.4 Å². The molecule has 3 aromatic heterocycles. The molecule has 2 N–H and O–H groups in total. The van der Waals surface area contributed by atoms with Gasteiger partial charge in [-0.1, -0.05) is 24.3 Å². The Kier molecular flexibility index (Phi) is 4.03. The molecule has 128 valence electrons. The van der Waals surface area contributed by atoms with E-state index in [0.29, 0.717) is 11.3 Å². The van der Waals surface area contributed by atoms with Crippen LogP contribution in [-0.4, -0.2) is 25.7 Å². The third-order valence-corrected chi connectivity index (χ3v) is 4.03. The molecule has 0 fully saturated rings. The number of carbonyl (C=O) groups is 1. The van der Waals surface area contributed by atoms with Crippen molar-refractivity contribution in [1.29, 1.82) is 0 Å². The predicted octanol–water partition coefficient (Wildman–Crippen LogP) is 2.04. The van der Waals surface area contributed by atoms with Gasteiger partial charge in [-0.15, -0.1) is 0 Å². The molecule has 0 saturated heterocycles. The van der Waals surface area contributed by atoms with Crippen LogP contribution >= 0.6 is 0 Å². The Morgan fingerprint density at radius 2 is 2.00 bits per heavy atom. The third kappa shape index (κ3) is 2.98. The van der Waals surface area contributed by atoms with Gasteiger partial charge in [0.25, 0.3) is 11.5 Å². The summed E-state index contributed by atoms with van der Waals surface area (Å²) in [5.41, 5.74) is 1.15. The number of aromatic nitrogens is 4. The van der Waals surface area contributed by atoms with Gasteiger partial charge in [0.15, 0.2) is 5.82 Å². The lowest BCUT2D eigenvalue weighted by Crippen LogP contribution is -2.29. The second-order valence-electron chi connectivity index (χ2n) is 5.72. The minimum absolute atomic E-state index is 0.0771. The molecule has 7 nitrogen and oxygen atoms in total. The molecule has 0 aliphatic rings. The summed E-state index contributed by atoms with van der Waals surface area (Å²) < 4.78 is 1.63. The number of nitrogens with zero attached hydrogens (tertiary/aromatic N) is 3. The maximum absolute atomic E-state index is 12.5. The lowest BCUT2D eigenvalue weighted by molar-refractivity contribution is 0.0949. The zero-order valence-corrected chi connectivity index (χ0v) is 13.7. The van der Waals surface area contributed by atoms with Crippen molar-refractivity contribution >= 4 is 16.8 Å². The highest BCUT2D eigenvalue weighted by atomic mass is 16.2. The minimum Gasteiger partial charge on any atom is -0.348 e. The molecule has 4 aromatic rings. The van der Waals surface area contributed by atoms with Gasteiger partial charge in [0.05, 0.1) is 0 Å². The fraction of sp³-hybridized carbons (Fsp3) is 0.0526. The largest absolute Gasteiger partial charge is 0.348 e. The fourth-order valence-electron chi connectivity index (χ4n) is 2.76. The van der Waals surface area contributed by atoms with Crippen LogP contribution in [0.1, 0.15) is 15.9 Å². The first kappa shape index (κ1) is 15.8. The van der Waals surface area contributed by atoms with E-state index < -0.39 is 11.5 Å². The summed E-state index contributed by atoms with van der Waals surface area (Å²) in [7, 11) is 0. The zero-order valence-electron chi connectivity index (χ0n) is 13.7. The van der Waals surface area contributed by atoms with Crippen LogP contribution < -0.4 is 10.9 Å². The number of amides is 1. The Labute approximate surface area is 148 Å². The second-order valence-corrected chi connectivity index (χ2v) is 5.72. The van der Waals surface area contributed by atoms with Gasteiger partial charge in [0.1, 0.15) is 5.56 Å². The smallest absolute Gasteiger partial charge is 0.261 e. The number of rotatable bonds is 4. The number of benzene rings is 1. The normalized spacial score (nSPS) is 10.8. The lowest BCUT2D eigenvalue weighted by atomic mass is 10.1. The van der Waals surface area contributed by atoms with E-state index in [0.717, 1.165) is 10.9 Å². The number of pyridine rings is 2. The van der Waals surface area contributed by atoms with Crippen LogP contribution in [0.25, 0.3) is 16.7 Å². The molecule has 0 unspecified atom stereocenters. The lowest BCUT2D eigenvalue weighted by Gasteiger charge is -2.10. The highest BCUT2D eigenvalue weighted by Crippen LogP contribution is 2.12. The van der Waals surface area contributed by atoms with Crippen molar-refractivity contribution in [3.63, 3.8) is 0 Å². The van der Waals surface area contributed by atoms with Crippen molar-refractivity contribution < 1.29 is 4.79 Å². The maximum atomic E-state index is 12.5. The number of fused-ring (bicyclic) bond motifs is 1. The number of hydrogen-bond donors (Lipinski definition) is 2. The SMILES string of the molecule is O=C(NCc1cccnc1-n1cccn1)c1cc2ccccc2[nH]c1=O. The summed E-state index contributed by atoms with van der Waals surface area (Å²) in [6, 6.07) is 14.4. The van der Waals surface area contributed by atoms with E-state index in [1.54, 1.807) is 47.5 Å². The summed E-state index contributed by atoms with van der Waals surface area (Å²) in [6.07, 6.45) is 5.10. The maximum Gasteiger partial charge on any atom is 0.261 e. The third-order valence-electron chi connectivity index (χ3n) is 4.03. The summed E-state index contributed by atoms with van der Waals surface area (Å²) in [5, 5.41) is 7.75. The highest BCUT2D eigenvalue weighted by molar-refractivity contribution is 5.97. The Morgan fingerprint density at radius 1 is 1.12 bits per heavy atom.